The first-order chi connectivity index (χ1) is 40.6. The number of fused-ring (bicyclic) bond motifs is 3. The molecule has 3 fully saturated rings. The fourth-order valence-corrected chi connectivity index (χ4v) is 10.2. The van der Waals surface area contributed by atoms with Crippen LogP contribution in [-0.2, 0) is 23.9 Å². The number of rotatable bonds is 9. The van der Waals surface area contributed by atoms with Gasteiger partial charge in [0.15, 0.2) is 0 Å². The molecule has 87 heavy (non-hydrogen) atoms. The van der Waals surface area contributed by atoms with E-state index in [0.717, 1.165) is 43.6 Å². The molecule has 463 valence electrons. The van der Waals surface area contributed by atoms with E-state index in [0.29, 0.717) is 22.1 Å². The van der Waals surface area contributed by atoms with Crippen LogP contribution in [-0.4, -0.2) is 177 Å². The fraction of sp³-hybridized carbons (Fsp3) is 0.356. The Kier molecular flexibility index (Phi) is 26.5. The second-order valence-electron chi connectivity index (χ2n) is 21.9. The van der Waals surface area contributed by atoms with Crippen LogP contribution in [0.4, 0.5) is 9.59 Å². The van der Waals surface area contributed by atoms with Crippen LogP contribution >= 0.6 is 34.8 Å². The van der Waals surface area contributed by atoms with Gasteiger partial charge in [-0.25, -0.2) is 34.1 Å². The van der Waals surface area contributed by atoms with E-state index in [1.807, 2.05) is 109 Å². The number of ether oxygens (including phenoxy) is 4. The quantitative estimate of drug-likeness (QED) is 0.0523. The topological polar surface area (TPSA) is 312 Å². The van der Waals surface area contributed by atoms with E-state index >= 15 is 0 Å². The number of aliphatic carboxylic acids is 3. The number of pyridine rings is 3. The summed E-state index contributed by atoms with van der Waals surface area (Å²) >= 11 is 17.7. The summed E-state index contributed by atoms with van der Waals surface area (Å²) < 4.78 is 22.9. The summed E-state index contributed by atoms with van der Waals surface area (Å²) in [4.78, 5) is 75.7. The number of halogens is 3. The number of carbonyl (C=O) groups excluding carboxylic acids is 2. The average Bonchev–Trinajstić information content (AvgIpc) is 2.96. The van der Waals surface area contributed by atoms with E-state index < -0.39 is 84.8 Å². The molecule has 0 unspecified atom stereocenters. The number of benzene rings is 4. The van der Waals surface area contributed by atoms with Crippen molar-refractivity contribution < 1.29 is 116 Å². The second-order valence-corrected chi connectivity index (χ2v) is 23.1. The summed E-state index contributed by atoms with van der Waals surface area (Å²) in [7, 11) is -0.816. The zero-order valence-corrected chi connectivity index (χ0v) is 51.4. The number of hydrogen-bond donors (Lipinski definition) is 7. The predicted molar refractivity (Wildman–Crippen MR) is 325 cm³/mol. The molecule has 4 aromatic carbocycles. The fourth-order valence-electron chi connectivity index (χ4n) is 9.45. The van der Waals surface area contributed by atoms with Crippen molar-refractivity contribution >= 4 is 112 Å². The van der Waals surface area contributed by atoms with Crippen LogP contribution in [0.5, 0.6) is 11.8 Å². The van der Waals surface area contributed by atoms with E-state index in [2.05, 4.69) is 9.97 Å². The Morgan fingerprint density at radius 3 is 1.38 bits per heavy atom. The number of carbonyl (C=O) groups is 5. The molecule has 0 saturated carbocycles. The van der Waals surface area contributed by atoms with Crippen molar-refractivity contribution in [2.24, 2.45) is 0 Å². The van der Waals surface area contributed by atoms with Gasteiger partial charge < -0.3 is 59.3 Å². The number of carboxylic acids is 3. The molecule has 7 N–H and O–H groups in total. The molecule has 3 aliphatic heterocycles. The minimum atomic E-state index is -1.10. The van der Waals surface area contributed by atoms with E-state index in [4.69, 9.17) is 84.0 Å². The van der Waals surface area contributed by atoms with Crippen molar-refractivity contribution in [3.63, 3.8) is 0 Å². The minimum Gasteiger partial charge on any atom is -0.480 e. The molecular formula is C59H66ArB2Cl3N6O16. The van der Waals surface area contributed by atoms with Crippen molar-refractivity contribution in [2.75, 3.05) is 19.6 Å². The molecule has 2 amide bonds. The van der Waals surface area contributed by atoms with Gasteiger partial charge in [-0.15, -0.1) is 0 Å². The maximum Gasteiger partial charge on any atom is 0.482 e. The van der Waals surface area contributed by atoms with Crippen LogP contribution in [0, 0.1) is 37.7 Å². The summed E-state index contributed by atoms with van der Waals surface area (Å²) in [5.41, 5.74) is 0.273. The van der Waals surface area contributed by atoms with E-state index in [1.54, 1.807) is 53.7 Å². The Bertz CT molecular complexity index is 3500. The van der Waals surface area contributed by atoms with E-state index in [-0.39, 0.29) is 89.5 Å². The van der Waals surface area contributed by atoms with Crippen LogP contribution in [0.25, 0.3) is 43.6 Å². The van der Waals surface area contributed by atoms with Gasteiger partial charge in [-0.3, -0.25) is 14.6 Å². The SMILES string of the molecule is CB(O)N1C[C@H](O)C[C@H]1C(=O)O.CC(C)(C)OC(=O)N1C[C@H](Oc2nc(-c3ccccc3)cc3ccccc23)C[C@H]1C(=O)O.CC(C)(C)OC(=O)N1C[C@H](Oc2nc(Cl)cc3ccccc23)C[C@H]1C(=O)O.Clc1cc2ccccc2c(Cl)n1.O[B]O.[Ar]. The van der Waals surface area contributed by atoms with Crippen LogP contribution in [0.15, 0.2) is 121 Å². The Morgan fingerprint density at radius 1 is 0.563 bits per heavy atom. The van der Waals surface area contributed by atoms with Crippen LogP contribution in [0.2, 0.25) is 22.3 Å². The zero-order chi connectivity index (χ0) is 63.2. The Hall–Kier alpha value is -6.28. The van der Waals surface area contributed by atoms with E-state index in [1.165, 1.54) is 21.4 Å². The van der Waals surface area contributed by atoms with Crippen LogP contribution in [0.1, 0.15) is 60.8 Å². The number of nitrogens with zero attached hydrogens (tertiary/aromatic N) is 6. The number of hydrogen-bond acceptors (Lipinski definition) is 17. The maximum atomic E-state index is 12.6. The molecule has 0 bridgehead atoms. The van der Waals surface area contributed by atoms with Gasteiger partial charge >= 0.3 is 44.8 Å². The van der Waals surface area contributed by atoms with E-state index in [9.17, 15) is 34.2 Å². The Morgan fingerprint density at radius 2 is 0.954 bits per heavy atom. The summed E-state index contributed by atoms with van der Waals surface area (Å²) in [5, 5.41) is 66.7. The Balaban J connectivity index is 0.000000224. The summed E-state index contributed by atoms with van der Waals surface area (Å²) in [6.07, 6.45) is -2.55. The largest absolute Gasteiger partial charge is 0.482 e. The number of aliphatic hydroxyl groups excluding tert-OH is 1. The smallest absolute Gasteiger partial charge is 0.480 e. The third kappa shape index (κ3) is 20.6. The Labute approximate surface area is 548 Å². The monoisotopic (exact) mass is 1280 g/mol. The molecule has 3 aromatic heterocycles. The number of aromatic nitrogens is 3. The van der Waals surface area contributed by atoms with Gasteiger partial charge in [0.1, 0.15) is 57.0 Å². The number of likely N-dealkylation sites (tertiary alicyclic amines) is 2. The van der Waals surface area contributed by atoms with Crippen LogP contribution in [0.3, 0.4) is 0 Å². The molecule has 0 spiro atoms. The first kappa shape index (κ1) is 71.5. The number of carboxylic acid groups (broad SMARTS) is 3. The molecule has 7 aromatic rings. The first-order valence-electron chi connectivity index (χ1n) is 27.0. The van der Waals surface area contributed by atoms with Gasteiger partial charge in [-0.05, 0) is 101 Å². The molecule has 28 heteroatoms. The molecule has 3 saturated heterocycles. The van der Waals surface area contributed by atoms with Crippen molar-refractivity contribution in [3.8, 4) is 23.0 Å². The molecule has 6 heterocycles. The van der Waals surface area contributed by atoms with Crippen molar-refractivity contribution in [3.05, 3.63) is 137 Å². The summed E-state index contributed by atoms with van der Waals surface area (Å²) in [5.74, 6) is -2.44. The molecule has 6 atom stereocenters. The molecular weight excluding hydrogens is 1220 g/mol. The number of amides is 2. The van der Waals surface area contributed by atoms with Crippen molar-refractivity contribution in [1.82, 2.24) is 29.6 Å². The van der Waals surface area contributed by atoms with Crippen molar-refractivity contribution in [2.45, 2.75) is 115 Å². The summed E-state index contributed by atoms with van der Waals surface area (Å²) in [6, 6.07) is 35.5. The van der Waals surface area contributed by atoms with Crippen LogP contribution < -0.4 is 9.47 Å². The average molecular weight is 1280 g/mol. The molecule has 3 aliphatic rings. The molecule has 1 radical (unpaired) electrons. The third-order valence-corrected chi connectivity index (χ3v) is 13.8. The molecule has 0 aliphatic carbocycles. The van der Waals surface area contributed by atoms with Gasteiger partial charge in [-0.2, -0.15) is 0 Å². The zero-order valence-electron chi connectivity index (χ0n) is 48.4. The number of aliphatic hydroxyl groups is 1. The second kappa shape index (κ2) is 32.3. The standard InChI is InChI=1S/C25H26N2O5.C19H21ClN2O5.C9H5Cl2N.C6H12BNO4.Ar.BH2O2/c1-25(2,3)32-24(30)27-15-18(14-21(27)23(28)29)31-22-19-12-8-7-11-17(19)13-20(26-22)16-9-5-4-6-10-16;1-19(2,3)27-18(25)22-10-12(9-14(22)17(23)24)26-16-13-7-5-4-6-11(13)8-15(20)21-16;10-8-5-6-3-1-2-4-7(6)9(11)12-8;1-7(12)8-3-4(9)2-5(8)6(10)11;;2-1-3/h4-13,18,21H,14-15H2,1-3H3,(H,28,29);4-8,12,14H,9-10H2,1-3H3,(H,23,24);1-5H;4-5,9,12H,2-3H2,1H3,(H,10,11);;2-3H/t18-,21+;12-,14+;;4-,5+;;/m11.1../s1. The van der Waals surface area contributed by atoms with Gasteiger partial charge in [0.25, 0.3) is 0 Å². The molecule has 10 rings (SSSR count). The summed E-state index contributed by atoms with van der Waals surface area (Å²) in [6.45, 7) is 12.3. The van der Waals surface area contributed by atoms with Gasteiger partial charge in [0.05, 0.1) is 24.9 Å². The minimum absolute atomic E-state index is 0. The van der Waals surface area contributed by atoms with Gasteiger partial charge in [0, 0.05) is 78.8 Å². The van der Waals surface area contributed by atoms with Gasteiger partial charge in [0.2, 0.25) is 11.8 Å². The molecule has 22 nitrogen and oxygen atoms in total. The third-order valence-electron chi connectivity index (χ3n) is 13.1. The maximum absolute atomic E-state index is 12.6. The normalized spacial score (nSPS) is 18.8. The van der Waals surface area contributed by atoms with Crippen molar-refractivity contribution in [1.29, 1.82) is 0 Å². The predicted octanol–water partition coefficient (Wildman–Crippen LogP) is 9.14. The number of β-amino-alcohol motifs (C(OH)–C–C–N with tert-alkyl or cyclic N) is 1. The first-order valence-corrected chi connectivity index (χ1v) is 28.1. The van der Waals surface area contributed by atoms with Gasteiger partial charge in [-0.1, -0.05) is 126 Å².